The smallest absolute Gasteiger partial charge is 0.238 e. The van der Waals surface area contributed by atoms with Gasteiger partial charge in [-0.2, -0.15) is 5.10 Å². The normalized spacial score (nSPS) is 14.9. The largest absolute Gasteiger partial charge is 0.486 e. The van der Waals surface area contributed by atoms with E-state index in [-0.39, 0.29) is 18.6 Å². The van der Waals surface area contributed by atoms with Crippen LogP contribution in [-0.4, -0.2) is 76.2 Å². The van der Waals surface area contributed by atoms with Gasteiger partial charge in [0, 0.05) is 73.2 Å². The Labute approximate surface area is 265 Å². The Morgan fingerprint density at radius 2 is 1.91 bits per heavy atom. The SMILES string of the molecule is Cc1cnc(Nc2cc(C)n(C)n2)nc1-c1c[nH]c2c(NC(=O)CN3CCC(Oc4cnc(-c5ccncc5)nc4)C3)cccc12. The molecule has 0 radical (unpaired) electrons. The summed E-state index contributed by atoms with van der Waals surface area (Å²) in [7, 11) is 1.89. The van der Waals surface area contributed by atoms with Crippen LogP contribution in [0.3, 0.4) is 0 Å². The van der Waals surface area contributed by atoms with Gasteiger partial charge in [-0.3, -0.25) is 19.4 Å². The Balaban J connectivity index is 0.989. The molecule has 5 aromatic heterocycles. The highest BCUT2D eigenvalue weighted by Crippen LogP contribution is 2.33. The van der Waals surface area contributed by atoms with Crippen molar-refractivity contribution in [1.29, 1.82) is 0 Å². The molecule has 1 atom stereocenters. The molecule has 1 saturated heterocycles. The van der Waals surface area contributed by atoms with E-state index in [1.807, 2.05) is 63.5 Å². The number of aromatic amines is 1. The number of aryl methyl sites for hydroxylation is 3. The molecule has 3 N–H and O–H groups in total. The molecule has 0 saturated carbocycles. The highest BCUT2D eigenvalue weighted by Gasteiger charge is 2.26. The van der Waals surface area contributed by atoms with Crippen molar-refractivity contribution < 1.29 is 9.53 Å². The van der Waals surface area contributed by atoms with E-state index >= 15 is 0 Å². The van der Waals surface area contributed by atoms with Crippen LogP contribution in [0, 0.1) is 13.8 Å². The van der Waals surface area contributed by atoms with Gasteiger partial charge in [0.2, 0.25) is 11.9 Å². The third kappa shape index (κ3) is 6.13. The molecule has 1 aliphatic rings. The minimum atomic E-state index is -0.0929. The summed E-state index contributed by atoms with van der Waals surface area (Å²) in [4.78, 5) is 40.7. The molecule has 0 spiro atoms. The van der Waals surface area contributed by atoms with Crippen molar-refractivity contribution in [3.8, 4) is 28.4 Å². The molecule has 1 amide bonds. The molecule has 6 aromatic rings. The van der Waals surface area contributed by atoms with Crippen molar-refractivity contribution in [3.63, 3.8) is 0 Å². The number of anilines is 3. The molecule has 1 aliphatic heterocycles. The van der Waals surface area contributed by atoms with Crippen LogP contribution in [0.1, 0.15) is 17.7 Å². The number of amides is 1. The molecular formula is C33H33N11O2. The van der Waals surface area contributed by atoms with Crippen molar-refractivity contribution in [3.05, 3.63) is 84.8 Å². The number of benzene rings is 1. The highest BCUT2D eigenvalue weighted by atomic mass is 16.5. The van der Waals surface area contributed by atoms with Gasteiger partial charge in [-0.05, 0) is 44.0 Å². The van der Waals surface area contributed by atoms with Crippen LogP contribution in [0.25, 0.3) is 33.5 Å². The monoisotopic (exact) mass is 615 g/mol. The van der Waals surface area contributed by atoms with Crippen molar-refractivity contribution in [2.24, 2.45) is 7.05 Å². The van der Waals surface area contributed by atoms with Crippen LogP contribution in [-0.2, 0) is 11.8 Å². The summed E-state index contributed by atoms with van der Waals surface area (Å²) < 4.78 is 7.92. The van der Waals surface area contributed by atoms with E-state index in [2.05, 4.69) is 45.6 Å². The maximum atomic E-state index is 13.2. The summed E-state index contributed by atoms with van der Waals surface area (Å²) in [6.45, 7) is 5.62. The summed E-state index contributed by atoms with van der Waals surface area (Å²) in [5, 5.41) is 11.7. The number of carbonyl (C=O) groups excluding carboxylic acids is 1. The van der Waals surface area contributed by atoms with Gasteiger partial charge in [0.15, 0.2) is 17.4 Å². The number of H-pyrrole nitrogens is 1. The fourth-order valence-corrected chi connectivity index (χ4v) is 5.61. The van der Waals surface area contributed by atoms with Crippen LogP contribution in [0.2, 0.25) is 0 Å². The number of carbonyl (C=O) groups is 1. The van der Waals surface area contributed by atoms with E-state index in [9.17, 15) is 4.79 Å². The third-order valence-electron chi connectivity index (χ3n) is 8.04. The average molecular weight is 616 g/mol. The van der Waals surface area contributed by atoms with Crippen LogP contribution in [0.15, 0.2) is 73.6 Å². The Hall–Kier alpha value is -5.69. The van der Waals surface area contributed by atoms with Gasteiger partial charge in [0.25, 0.3) is 0 Å². The van der Waals surface area contributed by atoms with Gasteiger partial charge in [-0.25, -0.2) is 19.9 Å². The van der Waals surface area contributed by atoms with E-state index in [0.717, 1.165) is 51.9 Å². The zero-order valence-corrected chi connectivity index (χ0v) is 25.7. The summed E-state index contributed by atoms with van der Waals surface area (Å²) in [5.41, 5.74) is 6.10. The predicted molar refractivity (Wildman–Crippen MR) is 175 cm³/mol. The lowest BCUT2D eigenvalue weighted by molar-refractivity contribution is -0.117. The first kappa shape index (κ1) is 29.0. The maximum Gasteiger partial charge on any atom is 0.238 e. The van der Waals surface area contributed by atoms with E-state index in [1.54, 1.807) is 35.7 Å². The number of aromatic nitrogens is 8. The number of nitrogens with one attached hydrogen (secondary N) is 3. The van der Waals surface area contributed by atoms with Gasteiger partial charge in [-0.15, -0.1) is 0 Å². The minimum Gasteiger partial charge on any atom is -0.486 e. The highest BCUT2D eigenvalue weighted by molar-refractivity contribution is 6.06. The fourth-order valence-electron chi connectivity index (χ4n) is 5.61. The van der Waals surface area contributed by atoms with Crippen LogP contribution < -0.4 is 15.4 Å². The first-order chi connectivity index (χ1) is 22.4. The Morgan fingerprint density at radius 1 is 1.09 bits per heavy atom. The number of ether oxygens (including phenoxy) is 1. The maximum absolute atomic E-state index is 13.2. The zero-order valence-electron chi connectivity index (χ0n) is 25.7. The quantitative estimate of drug-likeness (QED) is 0.209. The molecule has 0 bridgehead atoms. The van der Waals surface area contributed by atoms with Crippen molar-refractivity contribution in [2.45, 2.75) is 26.4 Å². The number of likely N-dealkylation sites (tertiary alicyclic amines) is 1. The predicted octanol–water partition coefficient (Wildman–Crippen LogP) is 4.66. The number of hydrogen-bond donors (Lipinski definition) is 3. The molecule has 1 unspecified atom stereocenters. The number of rotatable bonds is 9. The molecule has 232 valence electrons. The Morgan fingerprint density at radius 3 is 2.70 bits per heavy atom. The summed E-state index contributed by atoms with van der Waals surface area (Å²) in [5.74, 6) is 2.27. The number of para-hydroxylation sites is 1. The van der Waals surface area contributed by atoms with E-state index < -0.39 is 0 Å². The molecule has 7 rings (SSSR count). The van der Waals surface area contributed by atoms with Gasteiger partial charge in [0.1, 0.15) is 6.10 Å². The fraction of sp³-hybridized carbons (Fsp3) is 0.242. The lowest BCUT2D eigenvalue weighted by Crippen LogP contribution is -2.33. The van der Waals surface area contributed by atoms with E-state index in [4.69, 9.17) is 9.72 Å². The van der Waals surface area contributed by atoms with E-state index in [1.165, 1.54) is 0 Å². The van der Waals surface area contributed by atoms with Gasteiger partial charge in [0.05, 0.1) is 35.8 Å². The summed E-state index contributed by atoms with van der Waals surface area (Å²) in [6, 6.07) is 11.5. The first-order valence-electron chi connectivity index (χ1n) is 15.0. The van der Waals surface area contributed by atoms with Gasteiger partial charge < -0.3 is 20.4 Å². The summed E-state index contributed by atoms with van der Waals surface area (Å²) >= 11 is 0. The number of pyridine rings is 1. The molecule has 1 aromatic carbocycles. The minimum absolute atomic E-state index is 0.0465. The standard InChI is InChI=1S/C33H33N11O2/c1-20-14-38-33(40-28-13-21(2)43(3)42-28)41-30(20)26-17-35-31-25(26)5-4-6-27(31)39-29(45)19-44-12-9-23(18-44)46-24-15-36-32(37-16-24)22-7-10-34-11-8-22/h4-8,10-11,13-17,23,35H,9,12,18-19H2,1-3H3,(H,39,45)(H,38,40,41,42). The molecular weight excluding hydrogens is 582 g/mol. The third-order valence-corrected chi connectivity index (χ3v) is 8.04. The van der Waals surface area contributed by atoms with Crippen LogP contribution >= 0.6 is 0 Å². The molecule has 13 heteroatoms. The summed E-state index contributed by atoms with van der Waals surface area (Å²) in [6.07, 6.45) is 11.3. The molecule has 0 aliphatic carbocycles. The number of hydrogen-bond acceptors (Lipinski definition) is 10. The van der Waals surface area contributed by atoms with E-state index in [0.29, 0.717) is 35.6 Å². The Bertz CT molecular complexity index is 1980. The molecule has 6 heterocycles. The van der Waals surface area contributed by atoms with Crippen molar-refractivity contribution >= 4 is 34.3 Å². The van der Waals surface area contributed by atoms with Gasteiger partial charge >= 0.3 is 0 Å². The zero-order chi connectivity index (χ0) is 31.6. The second-order valence-electron chi connectivity index (χ2n) is 11.4. The second kappa shape index (κ2) is 12.4. The lowest BCUT2D eigenvalue weighted by atomic mass is 10.1. The topological polar surface area (TPSA) is 152 Å². The number of nitrogens with zero attached hydrogens (tertiary/aromatic N) is 8. The van der Waals surface area contributed by atoms with Crippen LogP contribution in [0.5, 0.6) is 5.75 Å². The molecule has 46 heavy (non-hydrogen) atoms. The second-order valence-corrected chi connectivity index (χ2v) is 11.4. The van der Waals surface area contributed by atoms with Crippen LogP contribution in [0.4, 0.5) is 17.5 Å². The number of fused-ring (bicyclic) bond motifs is 1. The first-order valence-corrected chi connectivity index (χ1v) is 15.0. The van der Waals surface area contributed by atoms with Crippen molar-refractivity contribution in [2.75, 3.05) is 30.3 Å². The average Bonchev–Trinajstić information content (AvgIpc) is 3.77. The molecule has 1 fully saturated rings. The van der Waals surface area contributed by atoms with Gasteiger partial charge in [-0.1, -0.05) is 12.1 Å². The molecule has 13 nitrogen and oxygen atoms in total. The lowest BCUT2D eigenvalue weighted by Gasteiger charge is -2.17. The Kier molecular flexibility index (Phi) is 7.81. The van der Waals surface area contributed by atoms with Crippen molar-refractivity contribution in [1.82, 2.24) is 44.6 Å².